The van der Waals surface area contributed by atoms with Crippen LogP contribution in [0.4, 0.5) is 0 Å². The summed E-state index contributed by atoms with van der Waals surface area (Å²) in [6.45, 7) is 1.10. The Labute approximate surface area is 133 Å². The van der Waals surface area contributed by atoms with Crippen LogP contribution in [0.15, 0.2) is 39.5 Å². The van der Waals surface area contributed by atoms with Crippen molar-refractivity contribution in [3.05, 3.63) is 46.3 Å². The molecule has 0 bridgehead atoms. The van der Waals surface area contributed by atoms with Crippen LogP contribution < -0.4 is 5.43 Å². The van der Waals surface area contributed by atoms with Gasteiger partial charge in [-0.05, 0) is 25.0 Å². The Kier molecular flexibility index (Phi) is 3.65. The molecule has 0 unspecified atom stereocenters. The summed E-state index contributed by atoms with van der Waals surface area (Å²) in [5.41, 5.74) is 0.278. The van der Waals surface area contributed by atoms with Gasteiger partial charge in [0.15, 0.2) is 11.2 Å². The SMILES string of the molecule is O=C(c1cc(=O)c2ccccc2o1)N1CCO[C@H]2CCCC[C@H]21. The highest BCUT2D eigenvalue weighted by atomic mass is 16.5. The maximum Gasteiger partial charge on any atom is 0.290 e. The van der Waals surface area contributed by atoms with Crippen LogP contribution in [-0.4, -0.2) is 36.1 Å². The van der Waals surface area contributed by atoms with Crippen molar-refractivity contribution in [2.45, 2.75) is 37.8 Å². The summed E-state index contributed by atoms with van der Waals surface area (Å²) in [5, 5.41) is 0.501. The zero-order valence-electron chi connectivity index (χ0n) is 12.9. The van der Waals surface area contributed by atoms with E-state index in [0.29, 0.717) is 24.1 Å². The molecule has 0 spiro atoms. The molecule has 1 saturated carbocycles. The van der Waals surface area contributed by atoms with E-state index in [1.165, 1.54) is 6.07 Å². The van der Waals surface area contributed by atoms with E-state index in [9.17, 15) is 9.59 Å². The molecule has 0 radical (unpaired) electrons. The molecule has 2 heterocycles. The molecule has 2 fully saturated rings. The second-order valence-corrected chi connectivity index (χ2v) is 6.23. The van der Waals surface area contributed by atoms with Gasteiger partial charge in [0.1, 0.15) is 5.58 Å². The largest absolute Gasteiger partial charge is 0.451 e. The van der Waals surface area contributed by atoms with Gasteiger partial charge in [-0.1, -0.05) is 25.0 Å². The molecular weight excluding hydrogens is 294 g/mol. The predicted octanol–water partition coefficient (Wildman–Crippen LogP) is 2.58. The highest BCUT2D eigenvalue weighted by Crippen LogP contribution is 2.29. The van der Waals surface area contributed by atoms with Gasteiger partial charge in [-0.25, -0.2) is 0 Å². The number of fused-ring (bicyclic) bond motifs is 2. The summed E-state index contributed by atoms with van der Waals surface area (Å²) in [4.78, 5) is 26.9. The summed E-state index contributed by atoms with van der Waals surface area (Å²) < 4.78 is 11.5. The van der Waals surface area contributed by atoms with E-state index < -0.39 is 0 Å². The standard InChI is InChI=1S/C18H19NO4/c20-14-11-17(23-15-7-3-1-5-12(14)15)18(21)19-9-10-22-16-8-4-2-6-13(16)19/h1,3,5,7,11,13,16H,2,4,6,8-10H2/t13-,16+/m1/s1. The van der Waals surface area contributed by atoms with Gasteiger partial charge in [0.05, 0.1) is 24.1 Å². The first-order valence-corrected chi connectivity index (χ1v) is 8.19. The fourth-order valence-corrected chi connectivity index (χ4v) is 3.70. The first-order valence-electron chi connectivity index (χ1n) is 8.19. The van der Waals surface area contributed by atoms with Crippen molar-refractivity contribution in [2.24, 2.45) is 0 Å². The third kappa shape index (κ3) is 2.55. The van der Waals surface area contributed by atoms with Crippen LogP contribution >= 0.6 is 0 Å². The molecular formula is C18H19NO4. The Balaban J connectivity index is 1.69. The minimum absolute atomic E-state index is 0.0989. The predicted molar refractivity (Wildman–Crippen MR) is 85.5 cm³/mol. The van der Waals surface area contributed by atoms with Crippen LogP contribution in [0, 0.1) is 0 Å². The van der Waals surface area contributed by atoms with E-state index >= 15 is 0 Å². The molecule has 120 valence electrons. The van der Waals surface area contributed by atoms with E-state index in [1.54, 1.807) is 24.3 Å². The first-order chi connectivity index (χ1) is 11.2. The second-order valence-electron chi connectivity index (χ2n) is 6.23. The van der Waals surface area contributed by atoms with Gasteiger partial charge in [-0.3, -0.25) is 9.59 Å². The second kappa shape index (κ2) is 5.81. The summed E-state index contributed by atoms with van der Waals surface area (Å²) in [6, 6.07) is 8.43. The summed E-state index contributed by atoms with van der Waals surface area (Å²) in [6.07, 6.45) is 4.32. The number of carbonyl (C=O) groups excluding carboxylic acids is 1. The molecule has 4 rings (SSSR count). The Bertz CT molecular complexity index is 795. The van der Waals surface area contributed by atoms with Crippen molar-refractivity contribution in [1.82, 2.24) is 4.90 Å². The smallest absolute Gasteiger partial charge is 0.290 e. The minimum Gasteiger partial charge on any atom is -0.451 e. The molecule has 5 nitrogen and oxygen atoms in total. The molecule has 0 N–H and O–H groups in total. The van der Waals surface area contributed by atoms with E-state index in [4.69, 9.17) is 9.15 Å². The average molecular weight is 313 g/mol. The van der Waals surface area contributed by atoms with Crippen molar-refractivity contribution >= 4 is 16.9 Å². The maximum atomic E-state index is 12.9. The van der Waals surface area contributed by atoms with Crippen LogP contribution in [0.2, 0.25) is 0 Å². The molecule has 23 heavy (non-hydrogen) atoms. The van der Waals surface area contributed by atoms with Crippen LogP contribution in [0.1, 0.15) is 36.2 Å². The normalized spacial score (nSPS) is 24.4. The number of nitrogens with zero attached hydrogens (tertiary/aromatic N) is 1. The molecule has 2 atom stereocenters. The Morgan fingerprint density at radius 1 is 1.17 bits per heavy atom. The molecule has 1 aliphatic heterocycles. The number of amides is 1. The quantitative estimate of drug-likeness (QED) is 0.812. The fourth-order valence-electron chi connectivity index (χ4n) is 3.70. The number of rotatable bonds is 1. The molecule has 1 aromatic heterocycles. The van der Waals surface area contributed by atoms with Gasteiger partial charge in [-0.2, -0.15) is 0 Å². The summed E-state index contributed by atoms with van der Waals surface area (Å²) in [5.74, 6) is -0.0759. The third-order valence-corrected chi connectivity index (χ3v) is 4.84. The average Bonchev–Trinajstić information content (AvgIpc) is 2.60. The van der Waals surface area contributed by atoms with Crippen LogP contribution in [-0.2, 0) is 4.74 Å². The number of carbonyl (C=O) groups is 1. The lowest BCUT2D eigenvalue weighted by molar-refractivity contribution is -0.0759. The van der Waals surface area contributed by atoms with Crippen molar-refractivity contribution in [1.29, 1.82) is 0 Å². The van der Waals surface area contributed by atoms with Gasteiger partial charge in [0, 0.05) is 12.6 Å². The Hall–Kier alpha value is -2.14. The first kappa shape index (κ1) is 14.5. The lowest BCUT2D eigenvalue weighted by atomic mass is 9.90. The van der Waals surface area contributed by atoms with Crippen molar-refractivity contribution in [3.8, 4) is 0 Å². The summed E-state index contributed by atoms with van der Waals surface area (Å²) >= 11 is 0. The van der Waals surface area contributed by atoms with Crippen LogP contribution in [0.3, 0.4) is 0 Å². The van der Waals surface area contributed by atoms with Crippen molar-refractivity contribution in [2.75, 3.05) is 13.2 Å². The lowest BCUT2D eigenvalue weighted by Gasteiger charge is -2.43. The third-order valence-electron chi connectivity index (χ3n) is 4.84. The molecule has 1 saturated heterocycles. The topological polar surface area (TPSA) is 59.8 Å². The highest BCUT2D eigenvalue weighted by molar-refractivity contribution is 5.93. The van der Waals surface area contributed by atoms with Crippen molar-refractivity contribution in [3.63, 3.8) is 0 Å². The fraction of sp³-hybridized carbons (Fsp3) is 0.444. The van der Waals surface area contributed by atoms with E-state index in [2.05, 4.69) is 0 Å². The van der Waals surface area contributed by atoms with Gasteiger partial charge >= 0.3 is 0 Å². The zero-order chi connectivity index (χ0) is 15.8. The molecule has 1 aliphatic carbocycles. The number of ether oxygens (including phenoxy) is 1. The van der Waals surface area contributed by atoms with Gasteiger partial charge in [0.25, 0.3) is 5.91 Å². The Morgan fingerprint density at radius 3 is 2.91 bits per heavy atom. The molecule has 1 amide bonds. The maximum absolute atomic E-state index is 12.9. The highest BCUT2D eigenvalue weighted by Gasteiger charge is 2.37. The number of para-hydroxylation sites is 1. The van der Waals surface area contributed by atoms with Gasteiger partial charge < -0.3 is 14.1 Å². The van der Waals surface area contributed by atoms with Gasteiger partial charge in [0.2, 0.25) is 0 Å². The number of hydrogen-bond acceptors (Lipinski definition) is 4. The summed E-state index contributed by atoms with van der Waals surface area (Å²) in [7, 11) is 0. The Morgan fingerprint density at radius 2 is 2.00 bits per heavy atom. The zero-order valence-corrected chi connectivity index (χ0v) is 12.9. The molecule has 5 heteroatoms. The van der Waals surface area contributed by atoms with E-state index in [-0.39, 0.29) is 29.2 Å². The minimum atomic E-state index is -0.201. The lowest BCUT2D eigenvalue weighted by Crippen LogP contribution is -2.54. The van der Waals surface area contributed by atoms with Crippen LogP contribution in [0.25, 0.3) is 11.0 Å². The number of morpholine rings is 1. The monoisotopic (exact) mass is 313 g/mol. The number of benzene rings is 1. The molecule has 1 aromatic carbocycles. The molecule has 2 aromatic rings. The van der Waals surface area contributed by atoms with Crippen LogP contribution in [0.5, 0.6) is 0 Å². The molecule has 2 aliphatic rings. The van der Waals surface area contributed by atoms with Gasteiger partial charge in [-0.15, -0.1) is 0 Å². The van der Waals surface area contributed by atoms with Crippen molar-refractivity contribution < 1.29 is 13.9 Å². The van der Waals surface area contributed by atoms with E-state index in [0.717, 1.165) is 25.7 Å². The number of hydrogen-bond donors (Lipinski definition) is 0. The van der Waals surface area contributed by atoms with E-state index in [1.807, 2.05) is 4.90 Å².